The maximum atomic E-state index is 13.0. The van der Waals surface area contributed by atoms with Gasteiger partial charge in [0.2, 0.25) is 5.91 Å². The van der Waals surface area contributed by atoms with Crippen LogP contribution in [-0.4, -0.2) is 37.5 Å². The highest BCUT2D eigenvalue weighted by molar-refractivity contribution is 5.93. The molecule has 206 valence electrons. The van der Waals surface area contributed by atoms with Crippen molar-refractivity contribution in [2.45, 2.75) is 78.1 Å². The highest BCUT2D eigenvalue weighted by atomic mass is 16.1. The van der Waals surface area contributed by atoms with Gasteiger partial charge in [0, 0.05) is 11.6 Å². The summed E-state index contributed by atoms with van der Waals surface area (Å²) in [5.74, 6) is -0.0485. The summed E-state index contributed by atoms with van der Waals surface area (Å²) in [6, 6.07) is 21.4. The van der Waals surface area contributed by atoms with Gasteiger partial charge in [-0.05, 0) is 111 Å². The van der Waals surface area contributed by atoms with Crippen LogP contribution >= 0.6 is 0 Å². The van der Waals surface area contributed by atoms with E-state index in [0.717, 1.165) is 57.3 Å². The zero-order valence-electron chi connectivity index (χ0n) is 24.0. The molecule has 0 fully saturated rings. The van der Waals surface area contributed by atoms with Gasteiger partial charge in [-0.1, -0.05) is 81.6 Å². The van der Waals surface area contributed by atoms with E-state index in [9.17, 15) is 4.79 Å². The molecule has 1 amide bonds. The van der Waals surface area contributed by atoms with E-state index < -0.39 is 0 Å². The number of nitrogens with zero attached hydrogens (tertiary/aromatic N) is 1. The maximum Gasteiger partial charge on any atom is 0.227 e. The van der Waals surface area contributed by atoms with Crippen molar-refractivity contribution < 1.29 is 4.79 Å². The zero-order chi connectivity index (χ0) is 27.2. The number of benzene rings is 3. The number of hydrogen-bond acceptors (Lipinski definition) is 3. The molecule has 4 nitrogen and oxygen atoms in total. The third-order valence-electron chi connectivity index (χ3n) is 7.60. The molecule has 4 heteroatoms. The van der Waals surface area contributed by atoms with Gasteiger partial charge in [0.25, 0.3) is 0 Å². The Bertz CT molecular complexity index is 1110. The second-order valence-electron chi connectivity index (χ2n) is 10.9. The van der Waals surface area contributed by atoms with Gasteiger partial charge in [-0.3, -0.25) is 4.79 Å². The van der Waals surface area contributed by atoms with Gasteiger partial charge in [0.1, 0.15) is 0 Å². The molecule has 3 N–H and O–H groups in total. The molecule has 0 aromatic heterocycles. The van der Waals surface area contributed by atoms with Gasteiger partial charge < -0.3 is 16.0 Å². The molecule has 1 atom stereocenters. The van der Waals surface area contributed by atoms with Crippen molar-refractivity contribution in [2.24, 2.45) is 11.7 Å². The van der Waals surface area contributed by atoms with Gasteiger partial charge in [-0.25, -0.2) is 0 Å². The Morgan fingerprint density at radius 2 is 1.50 bits per heavy atom. The average molecular weight is 516 g/mol. The summed E-state index contributed by atoms with van der Waals surface area (Å²) in [6.07, 6.45) is 11.4. The number of carbonyl (C=O) groups excluding carboxylic acids is 1. The fraction of sp³-hybridized carbons (Fsp3) is 0.500. The first-order chi connectivity index (χ1) is 18.5. The molecular formula is C34H49N3O. The molecule has 0 saturated carbocycles. The molecule has 3 aromatic rings. The molecule has 0 heterocycles. The first-order valence-electron chi connectivity index (χ1n) is 14.8. The molecule has 0 aliphatic rings. The smallest absolute Gasteiger partial charge is 0.227 e. The fourth-order valence-electron chi connectivity index (χ4n) is 5.20. The summed E-state index contributed by atoms with van der Waals surface area (Å²) in [4.78, 5) is 15.5. The van der Waals surface area contributed by atoms with Gasteiger partial charge >= 0.3 is 0 Å². The molecule has 0 radical (unpaired) electrons. The fourth-order valence-corrected chi connectivity index (χ4v) is 5.20. The SMILES string of the molecule is CCCCCCN(C)CCCc1ccc(NC(=O)[C@@H](C)Cc2ccc(CCCCN)c3ccccc23)cc1. The zero-order valence-corrected chi connectivity index (χ0v) is 24.0. The molecule has 0 spiro atoms. The van der Waals surface area contributed by atoms with Crippen LogP contribution in [0.3, 0.4) is 0 Å². The standard InChI is InChI=1S/C34H49N3O/c1-4-5-6-11-24-37(3)25-12-13-28-17-21-31(22-18-28)36-34(38)27(2)26-30-20-19-29(14-9-10-23-35)32-15-7-8-16-33(30)32/h7-8,15-22,27H,4-6,9-14,23-26,35H2,1-3H3,(H,36,38)/t27-/m0/s1. The van der Waals surface area contributed by atoms with Crippen molar-refractivity contribution in [1.82, 2.24) is 4.90 Å². The molecule has 3 aromatic carbocycles. The van der Waals surface area contributed by atoms with Gasteiger partial charge in [0.15, 0.2) is 0 Å². The number of aryl methyl sites for hydroxylation is 2. The predicted molar refractivity (Wildman–Crippen MR) is 164 cm³/mol. The molecule has 38 heavy (non-hydrogen) atoms. The van der Waals surface area contributed by atoms with E-state index >= 15 is 0 Å². The lowest BCUT2D eigenvalue weighted by Crippen LogP contribution is -2.22. The molecule has 0 aliphatic carbocycles. The van der Waals surface area contributed by atoms with Crippen LogP contribution in [0.5, 0.6) is 0 Å². The number of amides is 1. The number of rotatable bonds is 17. The quantitative estimate of drug-likeness (QED) is 0.184. The van der Waals surface area contributed by atoms with Crippen molar-refractivity contribution in [3.8, 4) is 0 Å². The Hall–Kier alpha value is -2.69. The van der Waals surface area contributed by atoms with Gasteiger partial charge in [-0.2, -0.15) is 0 Å². The topological polar surface area (TPSA) is 58.4 Å². The Morgan fingerprint density at radius 3 is 2.21 bits per heavy atom. The summed E-state index contributed by atoms with van der Waals surface area (Å²) in [5, 5.41) is 5.69. The Balaban J connectivity index is 1.49. The Morgan fingerprint density at radius 1 is 0.816 bits per heavy atom. The third kappa shape index (κ3) is 9.56. The van der Waals surface area contributed by atoms with Crippen LogP contribution in [0.15, 0.2) is 60.7 Å². The monoisotopic (exact) mass is 515 g/mol. The number of unbranched alkanes of at least 4 members (excludes halogenated alkanes) is 4. The largest absolute Gasteiger partial charge is 0.330 e. The molecule has 0 aliphatic heterocycles. The van der Waals surface area contributed by atoms with Crippen LogP contribution in [0.1, 0.15) is 75.5 Å². The normalized spacial score (nSPS) is 12.2. The highest BCUT2D eigenvalue weighted by Crippen LogP contribution is 2.26. The molecule has 3 rings (SSSR count). The average Bonchev–Trinajstić information content (AvgIpc) is 2.93. The predicted octanol–water partition coefficient (Wildman–Crippen LogP) is 7.38. The molecule has 0 unspecified atom stereocenters. The minimum absolute atomic E-state index is 0.0681. The minimum atomic E-state index is -0.117. The van der Waals surface area contributed by atoms with Crippen molar-refractivity contribution in [3.05, 3.63) is 77.4 Å². The number of anilines is 1. The van der Waals surface area contributed by atoms with Crippen molar-refractivity contribution in [2.75, 3.05) is 32.0 Å². The second-order valence-corrected chi connectivity index (χ2v) is 10.9. The number of nitrogens with two attached hydrogens (primary N) is 1. The van der Waals surface area contributed by atoms with E-state index in [2.05, 4.69) is 72.7 Å². The summed E-state index contributed by atoms with van der Waals surface area (Å²) < 4.78 is 0. The number of nitrogens with one attached hydrogen (secondary N) is 1. The minimum Gasteiger partial charge on any atom is -0.330 e. The lowest BCUT2D eigenvalue weighted by molar-refractivity contribution is -0.119. The van der Waals surface area contributed by atoms with Crippen LogP contribution in [0.4, 0.5) is 5.69 Å². The molecular weight excluding hydrogens is 466 g/mol. The van der Waals surface area contributed by atoms with Crippen LogP contribution in [0.25, 0.3) is 10.8 Å². The first kappa shape index (κ1) is 29.9. The second kappa shape index (κ2) is 16.3. The van der Waals surface area contributed by atoms with E-state index in [0.29, 0.717) is 0 Å². The molecule has 0 saturated heterocycles. The van der Waals surface area contributed by atoms with E-state index in [-0.39, 0.29) is 11.8 Å². The number of carbonyl (C=O) groups is 1. The van der Waals surface area contributed by atoms with Crippen LogP contribution < -0.4 is 11.1 Å². The Kier molecular flexibility index (Phi) is 12.8. The first-order valence-corrected chi connectivity index (χ1v) is 14.8. The Labute approximate surface area is 231 Å². The summed E-state index contributed by atoms with van der Waals surface area (Å²) in [5.41, 5.74) is 10.5. The highest BCUT2D eigenvalue weighted by Gasteiger charge is 2.16. The molecule has 0 bridgehead atoms. The number of hydrogen-bond donors (Lipinski definition) is 2. The lowest BCUT2D eigenvalue weighted by Gasteiger charge is -2.17. The summed E-state index contributed by atoms with van der Waals surface area (Å²) in [6.45, 7) is 7.34. The van der Waals surface area contributed by atoms with Crippen LogP contribution in [0.2, 0.25) is 0 Å². The van der Waals surface area contributed by atoms with Gasteiger partial charge in [0.05, 0.1) is 0 Å². The summed E-state index contributed by atoms with van der Waals surface area (Å²) >= 11 is 0. The van der Waals surface area contributed by atoms with Crippen molar-refractivity contribution in [3.63, 3.8) is 0 Å². The van der Waals surface area contributed by atoms with Crippen molar-refractivity contribution in [1.29, 1.82) is 0 Å². The van der Waals surface area contributed by atoms with E-state index in [4.69, 9.17) is 5.73 Å². The third-order valence-corrected chi connectivity index (χ3v) is 7.60. The number of fused-ring (bicyclic) bond motifs is 1. The van der Waals surface area contributed by atoms with E-state index in [1.165, 1.54) is 59.7 Å². The van der Waals surface area contributed by atoms with Gasteiger partial charge in [-0.15, -0.1) is 0 Å². The van der Waals surface area contributed by atoms with E-state index in [1.807, 2.05) is 19.1 Å². The summed E-state index contributed by atoms with van der Waals surface area (Å²) in [7, 11) is 2.23. The van der Waals surface area contributed by atoms with E-state index in [1.54, 1.807) is 0 Å². The maximum absolute atomic E-state index is 13.0. The van der Waals surface area contributed by atoms with Crippen LogP contribution in [0, 0.1) is 5.92 Å². The van der Waals surface area contributed by atoms with Crippen LogP contribution in [-0.2, 0) is 24.1 Å². The van der Waals surface area contributed by atoms with Crippen molar-refractivity contribution >= 4 is 22.4 Å². The lowest BCUT2D eigenvalue weighted by atomic mass is 9.91.